The number of piperazine rings is 1. The number of hydrogen-bond acceptors (Lipinski definition) is 10. The molecule has 3 fully saturated rings. The van der Waals surface area contributed by atoms with Crippen molar-refractivity contribution < 1.29 is 22.3 Å². The third-order valence-corrected chi connectivity index (χ3v) is 10.7. The van der Waals surface area contributed by atoms with E-state index in [1.54, 1.807) is 0 Å². The number of ether oxygens (including phenoxy) is 1. The van der Waals surface area contributed by atoms with Crippen LogP contribution in [0.2, 0.25) is 5.02 Å². The number of hydrogen-bond donors (Lipinski definition) is 2. The van der Waals surface area contributed by atoms with E-state index < -0.39 is 11.3 Å². The van der Waals surface area contributed by atoms with Gasteiger partial charge in [-0.15, -0.1) is 0 Å². The van der Waals surface area contributed by atoms with E-state index in [0.29, 0.717) is 30.8 Å². The molecule has 15 heteroatoms. The molecule has 0 spiro atoms. The molecule has 2 unspecified atom stereocenters. The largest absolute Gasteiger partial charge is 0.459 e. The van der Waals surface area contributed by atoms with Crippen LogP contribution in [0, 0.1) is 5.82 Å². The molecular formula is C30H32ClF4N7OS2. The lowest BCUT2D eigenvalue weighted by Crippen LogP contribution is -2.51. The normalized spacial score (nSPS) is 21.6. The second-order valence-corrected chi connectivity index (χ2v) is 14.5. The van der Waals surface area contributed by atoms with Crippen LogP contribution in [-0.4, -0.2) is 76.3 Å². The van der Waals surface area contributed by atoms with E-state index in [9.17, 15) is 17.6 Å². The summed E-state index contributed by atoms with van der Waals surface area (Å²) in [5, 5.41) is 4.06. The van der Waals surface area contributed by atoms with Crippen molar-refractivity contribution >= 4 is 66.8 Å². The summed E-state index contributed by atoms with van der Waals surface area (Å²) in [6.07, 6.45) is 5.30. The maximum absolute atomic E-state index is 14.7. The molecule has 3 aliphatic rings. The summed E-state index contributed by atoms with van der Waals surface area (Å²) >= 11 is 7.73. The summed E-state index contributed by atoms with van der Waals surface area (Å²) in [5.74, 6) is -0.0839. The molecule has 5 heterocycles. The van der Waals surface area contributed by atoms with Gasteiger partial charge in [0.2, 0.25) is 0 Å². The van der Waals surface area contributed by atoms with E-state index in [4.69, 9.17) is 32.0 Å². The van der Waals surface area contributed by atoms with Crippen LogP contribution in [-0.2, 0) is 0 Å². The van der Waals surface area contributed by atoms with E-state index in [2.05, 4.69) is 20.1 Å². The molecule has 4 aromatic rings. The highest BCUT2D eigenvalue weighted by Gasteiger charge is 2.36. The van der Waals surface area contributed by atoms with Crippen molar-refractivity contribution in [2.75, 3.05) is 43.4 Å². The van der Waals surface area contributed by atoms with Gasteiger partial charge in [-0.3, -0.25) is 4.90 Å². The van der Waals surface area contributed by atoms with Crippen molar-refractivity contribution in [3.63, 3.8) is 0 Å². The lowest BCUT2D eigenvalue weighted by Gasteiger charge is -2.34. The molecule has 45 heavy (non-hydrogen) atoms. The Labute approximate surface area is 270 Å². The number of likely N-dealkylation sites (tertiary alicyclic amines) is 1. The highest BCUT2D eigenvalue weighted by atomic mass is 35.5. The van der Waals surface area contributed by atoms with Crippen molar-refractivity contribution in [2.45, 2.75) is 67.6 Å². The predicted octanol–water partition coefficient (Wildman–Crippen LogP) is 7.09. The molecule has 0 aliphatic carbocycles. The number of anilines is 2. The van der Waals surface area contributed by atoms with Crippen LogP contribution in [0.15, 0.2) is 23.1 Å². The lowest BCUT2D eigenvalue weighted by molar-refractivity contribution is -0.0328. The summed E-state index contributed by atoms with van der Waals surface area (Å²) in [6.45, 7) is 5.96. The monoisotopic (exact) mass is 681 g/mol. The number of fused-ring (bicyclic) bond motifs is 4. The van der Waals surface area contributed by atoms with Crippen LogP contribution in [0.3, 0.4) is 0 Å². The molecular weight excluding hydrogens is 650 g/mol. The van der Waals surface area contributed by atoms with Crippen LogP contribution >= 0.6 is 34.7 Å². The molecule has 240 valence electrons. The molecule has 8 nitrogen and oxygen atoms in total. The Morgan fingerprint density at radius 2 is 1.84 bits per heavy atom. The van der Waals surface area contributed by atoms with E-state index in [0.717, 1.165) is 50.1 Å². The van der Waals surface area contributed by atoms with E-state index >= 15 is 0 Å². The number of nitrogen functional groups attached to an aromatic ring is 1. The van der Waals surface area contributed by atoms with Gasteiger partial charge in [0.15, 0.2) is 5.13 Å². The van der Waals surface area contributed by atoms with Gasteiger partial charge in [0.05, 0.1) is 20.8 Å². The predicted molar refractivity (Wildman–Crippen MR) is 172 cm³/mol. The Morgan fingerprint density at radius 3 is 2.56 bits per heavy atom. The number of piperidine rings is 1. The fourth-order valence-corrected chi connectivity index (χ4v) is 8.71. The number of benzene rings is 2. The first kappa shape index (κ1) is 31.0. The number of nitrogens with zero attached hydrogens (tertiary/aromatic N) is 5. The third kappa shape index (κ3) is 6.36. The second kappa shape index (κ2) is 12.2. The quantitative estimate of drug-likeness (QED) is 0.157. The summed E-state index contributed by atoms with van der Waals surface area (Å²) in [6, 6.07) is 4.63. The lowest BCUT2D eigenvalue weighted by atomic mass is 10.0. The standard InChI is InChI=1S/C30H32ClF4N7OS2/c1-15(12-41-9-3-2-4-10-41)43-29-39-24-19(27(40-29)42-13-16-5-6-17(14-42)37-16)11-21(45-30(33,34)35)22(23(24)31)18-7-8-20(32)26-25(18)38-28(36)44-26/h7-8,11,15-17,37H,2-6,9-10,12-14H2,1H3,(H2,36,38)/t15-,16?,17?/m0/s1. The number of aromatic nitrogens is 3. The topological polar surface area (TPSA) is 92.4 Å². The molecule has 2 aromatic carbocycles. The SMILES string of the molecule is C[C@@H](CN1CCCCC1)Oc1nc(N2CC3CCC(C2)N3)c2cc(SC(F)(F)F)c(-c3ccc(F)c4sc(N)nc34)c(Cl)c2n1. The molecule has 2 aromatic heterocycles. The van der Waals surface area contributed by atoms with Crippen LogP contribution < -0.4 is 20.7 Å². The van der Waals surface area contributed by atoms with Crippen molar-refractivity contribution in [3.05, 3.63) is 29.0 Å². The maximum Gasteiger partial charge on any atom is 0.446 e. The number of thioether (sulfide) groups is 1. The number of nitrogens with one attached hydrogen (secondary N) is 1. The Hall–Kier alpha value is -2.65. The minimum absolute atomic E-state index is 0.0194. The smallest absolute Gasteiger partial charge is 0.446 e. The zero-order chi connectivity index (χ0) is 31.5. The first-order valence-corrected chi connectivity index (χ1v) is 17.1. The molecule has 0 amide bonds. The van der Waals surface area contributed by atoms with Crippen molar-refractivity contribution in [1.29, 1.82) is 0 Å². The van der Waals surface area contributed by atoms with Gasteiger partial charge < -0.3 is 20.7 Å². The van der Waals surface area contributed by atoms with E-state index in [1.807, 2.05) is 6.92 Å². The van der Waals surface area contributed by atoms with Gasteiger partial charge in [0, 0.05) is 53.1 Å². The van der Waals surface area contributed by atoms with E-state index in [1.165, 1.54) is 24.6 Å². The minimum Gasteiger partial charge on any atom is -0.459 e. The van der Waals surface area contributed by atoms with Crippen LogP contribution in [0.4, 0.5) is 28.5 Å². The van der Waals surface area contributed by atoms with Gasteiger partial charge in [-0.2, -0.15) is 23.1 Å². The first-order valence-electron chi connectivity index (χ1n) is 15.1. The number of thiazole rings is 1. The van der Waals surface area contributed by atoms with Gasteiger partial charge in [0.1, 0.15) is 17.7 Å². The molecule has 7 rings (SSSR count). The minimum atomic E-state index is -4.63. The number of rotatable bonds is 7. The maximum atomic E-state index is 14.7. The van der Waals surface area contributed by atoms with Crippen molar-refractivity contribution in [1.82, 2.24) is 25.2 Å². The molecule has 0 saturated carbocycles. The van der Waals surface area contributed by atoms with Crippen LogP contribution in [0.25, 0.3) is 32.2 Å². The Bertz CT molecular complexity index is 1740. The molecule has 3 saturated heterocycles. The van der Waals surface area contributed by atoms with E-state index in [-0.39, 0.29) is 77.9 Å². The zero-order valence-corrected chi connectivity index (χ0v) is 26.9. The Morgan fingerprint density at radius 1 is 1.11 bits per heavy atom. The second-order valence-electron chi connectivity index (χ2n) is 12.0. The highest BCUT2D eigenvalue weighted by molar-refractivity contribution is 8.00. The molecule has 2 bridgehead atoms. The average Bonchev–Trinajstić information content (AvgIpc) is 3.55. The van der Waals surface area contributed by atoms with Crippen LogP contribution in [0.5, 0.6) is 6.01 Å². The summed E-state index contributed by atoms with van der Waals surface area (Å²) in [4.78, 5) is 18.1. The van der Waals surface area contributed by atoms with Crippen molar-refractivity contribution in [3.8, 4) is 17.1 Å². The summed E-state index contributed by atoms with van der Waals surface area (Å²) in [7, 11) is 0. The van der Waals surface area contributed by atoms with Gasteiger partial charge in [-0.05, 0) is 75.7 Å². The Balaban J connectivity index is 1.40. The molecule has 3 N–H and O–H groups in total. The fourth-order valence-electron chi connectivity index (χ4n) is 6.80. The van der Waals surface area contributed by atoms with Gasteiger partial charge in [-0.25, -0.2) is 9.37 Å². The van der Waals surface area contributed by atoms with Crippen molar-refractivity contribution in [2.24, 2.45) is 0 Å². The first-order chi connectivity index (χ1) is 21.5. The number of halogens is 5. The number of nitrogens with two attached hydrogens (primary N) is 1. The summed E-state index contributed by atoms with van der Waals surface area (Å²) in [5.41, 5.74) is 1.97. The molecule has 3 aliphatic heterocycles. The number of alkyl halides is 3. The zero-order valence-electron chi connectivity index (χ0n) is 24.5. The fraction of sp³-hybridized carbons (Fsp3) is 0.500. The van der Waals surface area contributed by atoms with Gasteiger partial charge in [-0.1, -0.05) is 29.4 Å². The highest BCUT2D eigenvalue weighted by Crippen LogP contribution is 2.50. The average molecular weight is 682 g/mol. The van der Waals surface area contributed by atoms with Crippen LogP contribution in [0.1, 0.15) is 39.0 Å². The van der Waals surface area contributed by atoms with Gasteiger partial charge >= 0.3 is 11.5 Å². The third-order valence-electron chi connectivity index (χ3n) is 8.65. The molecule has 0 radical (unpaired) electrons. The summed E-state index contributed by atoms with van der Waals surface area (Å²) < 4.78 is 63.4. The van der Waals surface area contributed by atoms with Gasteiger partial charge in [0.25, 0.3) is 0 Å². The Kier molecular flexibility index (Phi) is 8.38. The molecule has 3 atom stereocenters.